The first-order chi connectivity index (χ1) is 15.8. The van der Waals surface area contributed by atoms with Gasteiger partial charge in [-0.15, -0.1) is 0 Å². The fourth-order valence-corrected chi connectivity index (χ4v) is 8.57. The molecule has 0 unspecified atom stereocenters. The smallest absolute Gasteiger partial charge is 0.240 e. The van der Waals surface area contributed by atoms with E-state index in [0.717, 1.165) is 32.4 Å². The second-order valence-electron chi connectivity index (χ2n) is 11.2. The van der Waals surface area contributed by atoms with Crippen molar-refractivity contribution in [2.75, 3.05) is 43.8 Å². The minimum absolute atomic E-state index is 0.0458. The molecule has 0 bridgehead atoms. The van der Waals surface area contributed by atoms with E-state index in [2.05, 4.69) is 29.0 Å². The predicted molar refractivity (Wildman–Crippen MR) is 135 cm³/mol. The Labute approximate surface area is 205 Å². The van der Waals surface area contributed by atoms with Gasteiger partial charge in [-0.05, 0) is 67.3 Å². The molecule has 1 spiro atoms. The van der Waals surface area contributed by atoms with Crippen LogP contribution in [0, 0.1) is 22.6 Å². The molecule has 0 atom stereocenters. The van der Waals surface area contributed by atoms with Crippen LogP contribution in [-0.2, 0) is 14.8 Å². The predicted octanol–water partition coefficient (Wildman–Crippen LogP) is 4.17. The monoisotopic (exact) mass is 510 g/mol. The Balaban J connectivity index is 1.36. The number of benzene rings is 1. The van der Waals surface area contributed by atoms with E-state index in [0.29, 0.717) is 28.4 Å². The molecular formula is C24H35FN4O3S2. The Morgan fingerprint density at radius 1 is 1.24 bits per heavy atom. The molecule has 4 rings (SSSR count). The fourth-order valence-electron chi connectivity index (χ4n) is 5.59. The lowest BCUT2D eigenvalue weighted by molar-refractivity contribution is -0.118. The number of nitrogens with one attached hydrogen (secondary N) is 1. The molecule has 34 heavy (non-hydrogen) atoms. The van der Waals surface area contributed by atoms with Crippen molar-refractivity contribution < 1.29 is 17.6 Å². The molecule has 1 aromatic carbocycles. The van der Waals surface area contributed by atoms with Crippen molar-refractivity contribution in [1.82, 2.24) is 14.2 Å². The standard InChI is InChI=1S/C24H35FN4O3S2/c1-17(2)13-34(31,32)29-15-23(3,4)14-24(16-29)7-9-28(10-8-24)12-21(30)27-22-26-19-6-5-18(25)11-20(19)33-22/h5-6,11,17H,7-10,12-16H2,1-4H3,(H,26,27,30). The van der Waals surface area contributed by atoms with Crippen molar-refractivity contribution in [3.63, 3.8) is 0 Å². The summed E-state index contributed by atoms with van der Waals surface area (Å²) in [5.41, 5.74) is 0.544. The molecule has 3 heterocycles. The van der Waals surface area contributed by atoms with Crippen molar-refractivity contribution in [2.24, 2.45) is 16.7 Å². The molecule has 2 aliphatic rings. The van der Waals surface area contributed by atoms with Crippen LogP contribution < -0.4 is 5.32 Å². The van der Waals surface area contributed by atoms with Crippen LogP contribution in [0.2, 0.25) is 0 Å². The molecule has 2 aliphatic heterocycles. The highest BCUT2D eigenvalue weighted by molar-refractivity contribution is 7.89. The van der Waals surface area contributed by atoms with Crippen molar-refractivity contribution in [3.05, 3.63) is 24.0 Å². The van der Waals surface area contributed by atoms with E-state index in [1.807, 2.05) is 13.8 Å². The van der Waals surface area contributed by atoms with Crippen LogP contribution in [0.25, 0.3) is 10.2 Å². The second kappa shape index (κ2) is 9.44. The normalized spacial score (nSPS) is 21.4. The topological polar surface area (TPSA) is 82.6 Å². The van der Waals surface area contributed by atoms with Crippen molar-refractivity contribution in [2.45, 2.75) is 47.0 Å². The van der Waals surface area contributed by atoms with Gasteiger partial charge in [-0.1, -0.05) is 39.0 Å². The summed E-state index contributed by atoms with van der Waals surface area (Å²) in [5.74, 6) is -0.178. The van der Waals surface area contributed by atoms with E-state index in [1.54, 1.807) is 10.4 Å². The first-order valence-corrected chi connectivity index (χ1v) is 14.3. The maximum absolute atomic E-state index is 13.4. The molecule has 2 aromatic rings. The highest BCUT2D eigenvalue weighted by atomic mass is 32.2. The molecule has 1 aromatic heterocycles. The number of thiazole rings is 1. The van der Waals surface area contributed by atoms with Crippen molar-refractivity contribution >= 4 is 42.6 Å². The van der Waals surface area contributed by atoms with Crippen LogP contribution in [-0.4, -0.2) is 67.0 Å². The van der Waals surface area contributed by atoms with Gasteiger partial charge in [0.15, 0.2) is 5.13 Å². The molecule has 0 aliphatic carbocycles. The number of likely N-dealkylation sites (tertiary alicyclic amines) is 1. The van der Waals surface area contributed by atoms with Gasteiger partial charge in [0, 0.05) is 13.1 Å². The highest BCUT2D eigenvalue weighted by Gasteiger charge is 2.47. The van der Waals surface area contributed by atoms with E-state index >= 15 is 0 Å². The zero-order valence-electron chi connectivity index (χ0n) is 20.4. The van der Waals surface area contributed by atoms with E-state index in [9.17, 15) is 17.6 Å². The molecule has 2 saturated heterocycles. The van der Waals surface area contributed by atoms with E-state index in [4.69, 9.17) is 0 Å². The van der Waals surface area contributed by atoms with Gasteiger partial charge in [0.2, 0.25) is 15.9 Å². The Morgan fingerprint density at radius 3 is 2.62 bits per heavy atom. The van der Waals surface area contributed by atoms with Crippen LogP contribution in [0.4, 0.5) is 9.52 Å². The number of piperidine rings is 2. The third kappa shape index (κ3) is 5.95. The first kappa shape index (κ1) is 25.5. The zero-order chi connectivity index (χ0) is 24.7. The maximum Gasteiger partial charge on any atom is 0.240 e. The summed E-state index contributed by atoms with van der Waals surface area (Å²) in [6.45, 7) is 11.1. The summed E-state index contributed by atoms with van der Waals surface area (Å²) in [7, 11) is -3.28. The number of rotatable bonds is 6. The summed E-state index contributed by atoms with van der Waals surface area (Å²) < 4.78 is 41.9. The second-order valence-corrected chi connectivity index (χ2v) is 14.3. The molecule has 10 heteroatoms. The van der Waals surface area contributed by atoms with Gasteiger partial charge in [-0.2, -0.15) is 0 Å². The number of amides is 1. The van der Waals surface area contributed by atoms with Gasteiger partial charge >= 0.3 is 0 Å². The fraction of sp³-hybridized carbons (Fsp3) is 0.667. The first-order valence-electron chi connectivity index (χ1n) is 11.9. The van der Waals surface area contributed by atoms with Gasteiger partial charge in [0.1, 0.15) is 5.82 Å². The van der Waals surface area contributed by atoms with Crippen LogP contribution in [0.3, 0.4) is 0 Å². The van der Waals surface area contributed by atoms with Crippen LogP contribution in [0.15, 0.2) is 18.2 Å². The van der Waals surface area contributed by atoms with E-state index in [1.165, 1.54) is 23.5 Å². The Morgan fingerprint density at radius 2 is 1.94 bits per heavy atom. The molecule has 0 radical (unpaired) electrons. The summed E-state index contributed by atoms with van der Waals surface area (Å²) >= 11 is 1.26. The summed E-state index contributed by atoms with van der Waals surface area (Å²) in [5, 5.41) is 3.32. The number of sulfonamides is 1. The van der Waals surface area contributed by atoms with Gasteiger partial charge in [-0.3, -0.25) is 9.69 Å². The quantitative estimate of drug-likeness (QED) is 0.631. The minimum atomic E-state index is -3.28. The third-order valence-corrected chi connectivity index (χ3v) is 9.85. The molecule has 2 fully saturated rings. The zero-order valence-corrected chi connectivity index (χ0v) is 22.1. The van der Waals surface area contributed by atoms with E-state index < -0.39 is 10.0 Å². The minimum Gasteiger partial charge on any atom is -0.301 e. The lowest BCUT2D eigenvalue weighted by Crippen LogP contribution is -2.56. The molecule has 0 saturated carbocycles. The number of hydrogen-bond donors (Lipinski definition) is 1. The Bertz CT molecular complexity index is 1150. The van der Waals surface area contributed by atoms with Crippen molar-refractivity contribution in [1.29, 1.82) is 0 Å². The maximum atomic E-state index is 13.4. The molecule has 1 amide bonds. The van der Waals surface area contributed by atoms with Gasteiger partial charge in [0.25, 0.3) is 0 Å². The van der Waals surface area contributed by atoms with Crippen LogP contribution in [0.5, 0.6) is 0 Å². The van der Waals surface area contributed by atoms with Gasteiger partial charge in [0.05, 0.1) is 22.5 Å². The lowest BCUT2D eigenvalue weighted by atomic mass is 9.65. The average Bonchev–Trinajstić information content (AvgIpc) is 3.09. The van der Waals surface area contributed by atoms with E-state index in [-0.39, 0.29) is 40.8 Å². The summed E-state index contributed by atoms with van der Waals surface area (Å²) in [6, 6.07) is 4.39. The molecule has 188 valence electrons. The highest BCUT2D eigenvalue weighted by Crippen LogP contribution is 2.47. The van der Waals surface area contributed by atoms with Gasteiger partial charge < -0.3 is 5.32 Å². The average molecular weight is 511 g/mol. The van der Waals surface area contributed by atoms with Crippen LogP contribution >= 0.6 is 11.3 Å². The largest absolute Gasteiger partial charge is 0.301 e. The third-order valence-electron chi connectivity index (χ3n) is 6.79. The summed E-state index contributed by atoms with van der Waals surface area (Å²) in [6.07, 6.45) is 2.74. The number of anilines is 1. The molecular weight excluding hydrogens is 475 g/mol. The number of aromatic nitrogens is 1. The molecule has 1 N–H and O–H groups in total. The SMILES string of the molecule is CC(C)CS(=O)(=O)N1CC(C)(C)CC2(CCN(CC(=O)Nc3nc4ccc(F)cc4s3)CC2)C1. The number of carbonyl (C=O) groups is 1. The number of halogens is 1. The number of fused-ring (bicyclic) bond motifs is 1. The number of nitrogens with zero attached hydrogens (tertiary/aromatic N) is 3. The number of carbonyl (C=O) groups excluding carboxylic acids is 1. The van der Waals surface area contributed by atoms with Gasteiger partial charge in [-0.25, -0.2) is 22.1 Å². The Hall–Kier alpha value is -1.62. The summed E-state index contributed by atoms with van der Waals surface area (Å²) in [4.78, 5) is 19.1. The van der Waals surface area contributed by atoms with Crippen LogP contribution in [0.1, 0.15) is 47.0 Å². The number of hydrogen-bond acceptors (Lipinski definition) is 6. The molecule has 7 nitrogen and oxygen atoms in total. The lowest BCUT2D eigenvalue weighted by Gasteiger charge is -2.52. The Kier molecular flexibility index (Phi) is 7.07. The van der Waals surface area contributed by atoms with Crippen molar-refractivity contribution in [3.8, 4) is 0 Å².